The van der Waals surface area contributed by atoms with Crippen molar-refractivity contribution in [2.24, 2.45) is 10.8 Å². The minimum Gasteiger partial charge on any atom is -0.462 e. The highest BCUT2D eigenvalue weighted by molar-refractivity contribution is 5.81. The van der Waals surface area contributed by atoms with Crippen LogP contribution in [0.2, 0.25) is 0 Å². The molecular formula is C15H22F2O4. The van der Waals surface area contributed by atoms with E-state index in [1.807, 2.05) is 0 Å². The Balaban J connectivity index is 5.03. The van der Waals surface area contributed by atoms with Gasteiger partial charge in [-0.1, -0.05) is 40.9 Å². The van der Waals surface area contributed by atoms with Crippen LogP contribution in [0.15, 0.2) is 25.3 Å². The molecule has 0 saturated carbocycles. The summed E-state index contributed by atoms with van der Waals surface area (Å²) in [5, 5.41) is 0. The smallest absolute Gasteiger partial charge is 0.330 e. The van der Waals surface area contributed by atoms with Crippen molar-refractivity contribution in [2.75, 3.05) is 13.2 Å². The summed E-state index contributed by atoms with van der Waals surface area (Å²) in [5.74, 6) is -4.80. The van der Waals surface area contributed by atoms with Crippen molar-refractivity contribution in [2.45, 2.75) is 33.6 Å². The van der Waals surface area contributed by atoms with E-state index < -0.39 is 41.9 Å². The van der Waals surface area contributed by atoms with Crippen LogP contribution in [0.1, 0.15) is 27.7 Å². The van der Waals surface area contributed by atoms with Gasteiger partial charge in [-0.25, -0.2) is 18.4 Å². The molecule has 0 aliphatic rings. The third-order valence-corrected chi connectivity index (χ3v) is 3.18. The first kappa shape index (κ1) is 19.3. The van der Waals surface area contributed by atoms with Crippen molar-refractivity contribution in [3.63, 3.8) is 0 Å². The number of esters is 2. The predicted molar refractivity (Wildman–Crippen MR) is 74.8 cm³/mol. The zero-order valence-corrected chi connectivity index (χ0v) is 12.9. The Morgan fingerprint density at radius 2 is 1.19 bits per heavy atom. The summed E-state index contributed by atoms with van der Waals surface area (Å²) in [4.78, 5) is 22.0. The van der Waals surface area contributed by atoms with Gasteiger partial charge in [0.1, 0.15) is 13.2 Å². The van der Waals surface area contributed by atoms with Crippen LogP contribution >= 0.6 is 0 Å². The SMILES string of the molecule is C=CC(=O)OCC(C)(C)C(F)(F)C(C)(C)COC(=O)C=C. The molecule has 0 spiro atoms. The van der Waals surface area contributed by atoms with Crippen LogP contribution in [0.25, 0.3) is 0 Å². The Kier molecular flexibility index (Phi) is 6.27. The lowest BCUT2D eigenvalue weighted by molar-refractivity contribution is -0.216. The Morgan fingerprint density at radius 3 is 1.43 bits per heavy atom. The summed E-state index contributed by atoms with van der Waals surface area (Å²) >= 11 is 0. The van der Waals surface area contributed by atoms with Gasteiger partial charge in [0.15, 0.2) is 0 Å². The molecule has 0 unspecified atom stereocenters. The van der Waals surface area contributed by atoms with Crippen LogP contribution in [0, 0.1) is 10.8 Å². The van der Waals surface area contributed by atoms with Gasteiger partial charge in [0.05, 0.1) is 10.8 Å². The molecule has 0 aliphatic carbocycles. The number of carbonyl (C=O) groups excluding carboxylic acids is 2. The van der Waals surface area contributed by atoms with Crippen molar-refractivity contribution >= 4 is 11.9 Å². The summed E-state index contributed by atoms with van der Waals surface area (Å²) in [7, 11) is 0. The number of halogens is 2. The normalized spacial score (nSPS) is 12.5. The standard InChI is InChI=1S/C15H22F2O4/c1-7-11(18)20-9-13(3,4)15(16,17)14(5,6)10-21-12(19)8-2/h7-8H,1-2,9-10H2,3-6H3. The molecule has 0 radical (unpaired) electrons. The topological polar surface area (TPSA) is 52.6 Å². The van der Waals surface area contributed by atoms with Gasteiger partial charge in [-0.2, -0.15) is 0 Å². The third kappa shape index (κ3) is 4.65. The molecule has 21 heavy (non-hydrogen) atoms. The number of ether oxygens (including phenoxy) is 2. The van der Waals surface area contributed by atoms with Crippen molar-refractivity contribution in [3.05, 3.63) is 25.3 Å². The fraction of sp³-hybridized carbons (Fsp3) is 0.600. The van der Waals surface area contributed by atoms with Crippen molar-refractivity contribution in [3.8, 4) is 0 Å². The Bertz CT molecular complexity index is 387. The first-order valence-electron chi connectivity index (χ1n) is 6.37. The number of rotatable bonds is 8. The molecular weight excluding hydrogens is 282 g/mol. The van der Waals surface area contributed by atoms with E-state index in [1.54, 1.807) is 0 Å². The number of hydrogen-bond donors (Lipinski definition) is 0. The van der Waals surface area contributed by atoms with Gasteiger partial charge >= 0.3 is 11.9 Å². The Morgan fingerprint density at radius 1 is 0.905 bits per heavy atom. The highest BCUT2D eigenvalue weighted by atomic mass is 19.3. The lowest BCUT2D eigenvalue weighted by atomic mass is 9.71. The van der Waals surface area contributed by atoms with E-state index in [0.717, 1.165) is 12.2 Å². The first-order chi connectivity index (χ1) is 9.41. The van der Waals surface area contributed by atoms with Crippen molar-refractivity contribution in [1.82, 2.24) is 0 Å². The molecule has 0 aromatic rings. The van der Waals surface area contributed by atoms with Crippen LogP contribution in [0.5, 0.6) is 0 Å². The Labute approximate surface area is 123 Å². The van der Waals surface area contributed by atoms with Crippen LogP contribution in [0.4, 0.5) is 8.78 Å². The first-order valence-corrected chi connectivity index (χ1v) is 6.37. The highest BCUT2D eigenvalue weighted by Gasteiger charge is 2.58. The average molecular weight is 304 g/mol. The van der Waals surface area contributed by atoms with Crippen LogP contribution in [0.3, 0.4) is 0 Å². The highest BCUT2D eigenvalue weighted by Crippen LogP contribution is 2.49. The minimum absolute atomic E-state index is 0.482. The maximum atomic E-state index is 14.7. The molecule has 0 aromatic carbocycles. The largest absolute Gasteiger partial charge is 0.462 e. The van der Waals surface area contributed by atoms with Crippen molar-refractivity contribution < 1.29 is 27.8 Å². The van der Waals surface area contributed by atoms with Gasteiger partial charge in [0, 0.05) is 12.2 Å². The van der Waals surface area contributed by atoms with Gasteiger partial charge in [-0.15, -0.1) is 0 Å². The Hall–Kier alpha value is -1.72. The fourth-order valence-electron chi connectivity index (χ4n) is 1.72. The zero-order chi connectivity index (χ0) is 16.9. The van der Waals surface area contributed by atoms with E-state index in [-0.39, 0.29) is 0 Å². The predicted octanol–water partition coefficient (Wildman–Crippen LogP) is 3.13. The second-order valence-electron chi connectivity index (χ2n) is 5.97. The maximum Gasteiger partial charge on any atom is 0.330 e. The van der Waals surface area contributed by atoms with E-state index in [1.165, 1.54) is 27.7 Å². The summed E-state index contributed by atoms with van der Waals surface area (Å²) in [6, 6.07) is 0. The second kappa shape index (κ2) is 6.83. The van der Waals surface area contributed by atoms with Gasteiger partial charge < -0.3 is 9.47 Å². The molecule has 4 nitrogen and oxygen atoms in total. The molecule has 0 aliphatic heterocycles. The lowest BCUT2D eigenvalue weighted by Gasteiger charge is -2.43. The molecule has 120 valence electrons. The molecule has 0 saturated heterocycles. The molecule has 0 rings (SSSR count). The summed E-state index contributed by atoms with van der Waals surface area (Å²) < 4.78 is 38.8. The summed E-state index contributed by atoms with van der Waals surface area (Å²) in [6.07, 6.45) is 1.82. The van der Waals surface area contributed by atoms with E-state index in [2.05, 4.69) is 13.2 Å². The molecule has 0 aromatic heterocycles. The second-order valence-corrected chi connectivity index (χ2v) is 5.97. The van der Waals surface area contributed by atoms with Gasteiger partial charge in [0.2, 0.25) is 0 Å². The summed E-state index contributed by atoms with van der Waals surface area (Å²) in [6.45, 7) is 10.6. The van der Waals surface area contributed by atoms with E-state index in [9.17, 15) is 18.4 Å². The van der Waals surface area contributed by atoms with Crippen LogP contribution in [-0.4, -0.2) is 31.1 Å². The van der Waals surface area contributed by atoms with Crippen LogP contribution in [-0.2, 0) is 19.1 Å². The molecule has 0 bridgehead atoms. The molecule has 0 atom stereocenters. The molecule has 6 heteroatoms. The van der Waals surface area contributed by atoms with Crippen molar-refractivity contribution in [1.29, 1.82) is 0 Å². The molecule has 0 amide bonds. The van der Waals surface area contributed by atoms with E-state index in [4.69, 9.17) is 9.47 Å². The quantitative estimate of drug-likeness (QED) is 0.510. The van der Waals surface area contributed by atoms with E-state index >= 15 is 0 Å². The fourth-order valence-corrected chi connectivity index (χ4v) is 1.72. The average Bonchev–Trinajstić information content (AvgIpc) is 2.41. The molecule has 0 N–H and O–H groups in total. The summed E-state index contributed by atoms with van der Waals surface area (Å²) in [5.41, 5.74) is -3.29. The van der Waals surface area contributed by atoms with Crippen LogP contribution < -0.4 is 0 Å². The molecule has 0 heterocycles. The number of alkyl halides is 2. The maximum absolute atomic E-state index is 14.7. The van der Waals surface area contributed by atoms with Gasteiger partial charge in [-0.05, 0) is 0 Å². The lowest BCUT2D eigenvalue weighted by Crippen LogP contribution is -2.53. The third-order valence-electron chi connectivity index (χ3n) is 3.18. The van der Waals surface area contributed by atoms with Gasteiger partial charge in [-0.3, -0.25) is 0 Å². The van der Waals surface area contributed by atoms with Gasteiger partial charge in [0.25, 0.3) is 5.92 Å². The number of carbonyl (C=O) groups is 2. The van der Waals surface area contributed by atoms with E-state index in [0.29, 0.717) is 0 Å². The number of hydrogen-bond acceptors (Lipinski definition) is 4. The monoisotopic (exact) mass is 304 g/mol. The zero-order valence-electron chi connectivity index (χ0n) is 12.9. The molecule has 0 fully saturated rings. The minimum atomic E-state index is -3.26.